The highest BCUT2D eigenvalue weighted by Gasteiger charge is 2.46. The standard InChI is InChI=1S/C25H23N3O7/c1-14-6-7-16-19(29)12-25(35-22(16)15(14)2)8-10-26(11-9-25)20(30)13-27-23(31)17-4-3-5-18(28(33)34)21(17)24(27)32/h3-7H,8-13H2,1-2H3. The molecule has 2 aromatic rings. The minimum Gasteiger partial charge on any atom is -0.486 e. The fourth-order valence-electron chi connectivity index (χ4n) is 5.07. The van der Waals surface area contributed by atoms with Crippen molar-refractivity contribution in [1.82, 2.24) is 9.80 Å². The smallest absolute Gasteiger partial charge is 0.282 e. The molecule has 10 heteroatoms. The van der Waals surface area contributed by atoms with Crippen LogP contribution in [-0.2, 0) is 4.79 Å². The average molecular weight is 477 g/mol. The number of carbonyl (C=O) groups excluding carboxylic acids is 4. The largest absolute Gasteiger partial charge is 0.486 e. The number of nitrogens with zero attached hydrogens (tertiary/aromatic N) is 3. The highest BCUT2D eigenvalue weighted by Crippen LogP contribution is 2.42. The molecule has 3 aliphatic heterocycles. The number of aryl methyl sites for hydroxylation is 1. The van der Waals surface area contributed by atoms with Crippen LogP contribution in [0.3, 0.4) is 0 Å². The summed E-state index contributed by atoms with van der Waals surface area (Å²) in [6, 6.07) is 7.54. The van der Waals surface area contributed by atoms with Crippen LogP contribution in [0.5, 0.6) is 5.75 Å². The van der Waals surface area contributed by atoms with Gasteiger partial charge in [0.05, 0.1) is 22.5 Å². The van der Waals surface area contributed by atoms with Gasteiger partial charge in [-0.05, 0) is 37.1 Å². The summed E-state index contributed by atoms with van der Waals surface area (Å²) in [5.41, 5.74) is 1.02. The molecule has 1 saturated heterocycles. The maximum atomic E-state index is 13.0. The first kappa shape index (κ1) is 22.7. The second kappa shape index (κ2) is 8.00. The number of benzene rings is 2. The number of nitro groups is 1. The van der Waals surface area contributed by atoms with Gasteiger partial charge in [0.2, 0.25) is 5.91 Å². The van der Waals surface area contributed by atoms with E-state index in [2.05, 4.69) is 0 Å². The lowest BCUT2D eigenvalue weighted by Gasteiger charge is -2.44. The number of fused-ring (bicyclic) bond motifs is 2. The molecule has 0 saturated carbocycles. The summed E-state index contributed by atoms with van der Waals surface area (Å²) in [5.74, 6) is -1.39. The van der Waals surface area contributed by atoms with Crippen molar-refractivity contribution in [3.63, 3.8) is 0 Å². The van der Waals surface area contributed by atoms with Crippen LogP contribution in [0, 0.1) is 24.0 Å². The number of likely N-dealkylation sites (tertiary alicyclic amines) is 1. The van der Waals surface area contributed by atoms with E-state index in [0.717, 1.165) is 22.1 Å². The van der Waals surface area contributed by atoms with Crippen LogP contribution in [0.1, 0.15) is 61.5 Å². The molecule has 3 amide bonds. The summed E-state index contributed by atoms with van der Waals surface area (Å²) >= 11 is 0. The van der Waals surface area contributed by atoms with E-state index in [9.17, 15) is 29.3 Å². The topological polar surface area (TPSA) is 127 Å². The Hall–Kier alpha value is -4.08. The van der Waals surface area contributed by atoms with Gasteiger partial charge in [-0.1, -0.05) is 12.1 Å². The average Bonchev–Trinajstić information content (AvgIpc) is 3.07. The van der Waals surface area contributed by atoms with Crippen LogP contribution in [0.2, 0.25) is 0 Å². The molecule has 180 valence electrons. The maximum Gasteiger partial charge on any atom is 0.282 e. The molecular weight excluding hydrogens is 454 g/mol. The summed E-state index contributed by atoms with van der Waals surface area (Å²) in [6.45, 7) is 3.98. The number of nitro benzene ring substituents is 1. The number of ether oxygens (including phenoxy) is 1. The summed E-state index contributed by atoms with van der Waals surface area (Å²) in [7, 11) is 0. The molecule has 1 fully saturated rings. The Morgan fingerprint density at radius 3 is 2.46 bits per heavy atom. The molecule has 10 nitrogen and oxygen atoms in total. The van der Waals surface area contributed by atoms with E-state index < -0.39 is 40.5 Å². The number of carbonyl (C=O) groups is 4. The number of rotatable bonds is 3. The van der Waals surface area contributed by atoms with Crippen LogP contribution < -0.4 is 4.74 Å². The van der Waals surface area contributed by atoms with Crippen molar-refractivity contribution in [1.29, 1.82) is 0 Å². The van der Waals surface area contributed by atoms with Gasteiger partial charge in [-0.2, -0.15) is 0 Å². The van der Waals surface area contributed by atoms with Gasteiger partial charge >= 0.3 is 0 Å². The van der Waals surface area contributed by atoms with E-state index in [1.54, 1.807) is 6.07 Å². The molecule has 5 rings (SSSR count). The summed E-state index contributed by atoms with van der Waals surface area (Å²) in [5, 5.41) is 11.3. The summed E-state index contributed by atoms with van der Waals surface area (Å²) in [6.07, 6.45) is 1.10. The van der Waals surface area contributed by atoms with Crippen LogP contribution in [-0.4, -0.2) is 63.5 Å². The van der Waals surface area contributed by atoms with Crippen LogP contribution in [0.25, 0.3) is 0 Å². The Bertz CT molecular complexity index is 1320. The lowest BCUT2D eigenvalue weighted by molar-refractivity contribution is -0.385. The second-order valence-corrected chi connectivity index (χ2v) is 9.30. The van der Waals surface area contributed by atoms with E-state index in [4.69, 9.17) is 4.74 Å². The summed E-state index contributed by atoms with van der Waals surface area (Å²) < 4.78 is 6.37. The molecule has 0 bridgehead atoms. The summed E-state index contributed by atoms with van der Waals surface area (Å²) in [4.78, 5) is 64.2. The molecule has 0 aliphatic carbocycles. The minimum atomic E-state index is -0.845. The second-order valence-electron chi connectivity index (χ2n) is 9.30. The normalized spacial score (nSPS) is 18.4. The Kier molecular flexibility index (Phi) is 5.19. The predicted octanol–water partition coefficient (Wildman–Crippen LogP) is 2.83. The van der Waals surface area contributed by atoms with Crippen molar-refractivity contribution in [2.45, 2.75) is 38.7 Å². The van der Waals surface area contributed by atoms with Crippen LogP contribution in [0.4, 0.5) is 5.69 Å². The molecule has 0 radical (unpaired) electrons. The van der Waals surface area contributed by atoms with Gasteiger partial charge in [0.15, 0.2) is 5.78 Å². The number of imide groups is 1. The van der Waals surface area contributed by atoms with E-state index in [0.29, 0.717) is 37.2 Å². The number of Topliss-reactive ketones (excluding diaryl/α,β-unsaturated/α-hetero) is 1. The molecule has 0 aromatic heterocycles. The number of piperidine rings is 1. The van der Waals surface area contributed by atoms with Crippen molar-refractivity contribution >= 4 is 29.2 Å². The van der Waals surface area contributed by atoms with Crippen LogP contribution in [0.15, 0.2) is 30.3 Å². The zero-order chi connectivity index (χ0) is 25.1. The molecule has 0 unspecified atom stereocenters. The number of ketones is 1. The highest BCUT2D eigenvalue weighted by atomic mass is 16.6. The van der Waals surface area contributed by atoms with Gasteiger partial charge in [0, 0.05) is 32.0 Å². The van der Waals surface area contributed by atoms with Crippen molar-refractivity contribution in [2.24, 2.45) is 0 Å². The van der Waals surface area contributed by atoms with Gasteiger partial charge in [0.1, 0.15) is 23.5 Å². The first-order chi connectivity index (χ1) is 16.6. The molecule has 3 heterocycles. The predicted molar refractivity (Wildman–Crippen MR) is 122 cm³/mol. The molecule has 2 aromatic carbocycles. The van der Waals surface area contributed by atoms with E-state index >= 15 is 0 Å². The van der Waals surface area contributed by atoms with Gasteiger partial charge < -0.3 is 9.64 Å². The molecule has 1 spiro atoms. The number of hydrogen-bond acceptors (Lipinski definition) is 7. The van der Waals surface area contributed by atoms with Gasteiger partial charge in [-0.15, -0.1) is 0 Å². The number of hydrogen-bond donors (Lipinski definition) is 0. The number of amides is 3. The lowest BCUT2D eigenvalue weighted by atomic mass is 9.81. The molecule has 35 heavy (non-hydrogen) atoms. The van der Waals surface area contributed by atoms with Crippen LogP contribution >= 0.6 is 0 Å². The minimum absolute atomic E-state index is 0.0155. The zero-order valence-electron chi connectivity index (χ0n) is 19.3. The van der Waals surface area contributed by atoms with Crippen molar-refractivity contribution in [2.75, 3.05) is 19.6 Å². The van der Waals surface area contributed by atoms with Gasteiger partial charge in [-0.25, -0.2) is 0 Å². The van der Waals surface area contributed by atoms with Crippen molar-refractivity contribution in [3.05, 3.63) is 68.3 Å². The molecular formula is C25H23N3O7. The molecule has 0 N–H and O–H groups in total. The third-order valence-corrected chi connectivity index (χ3v) is 7.27. The van der Waals surface area contributed by atoms with E-state index in [1.807, 2.05) is 19.9 Å². The monoisotopic (exact) mass is 477 g/mol. The molecule has 0 atom stereocenters. The third-order valence-electron chi connectivity index (χ3n) is 7.27. The fraction of sp³-hybridized carbons (Fsp3) is 0.360. The zero-order valence-corrected chi connectivity index (χ0v) is 19.3. The SMILES string of the molecule is Cc1ccc2c(c1C)OC1(CCN(C(=O)CN3C(=O)c4cccc([N+](=O)[O-])c4C3=O)CC1)CC2=O. The highest BCUT2D eigenvalue weighted by molar-refractivity contribution is 6.24. The quantitative estimate of drug-likeness (QED) is 0.378. The van der Waals surface area contributed by atoms with E-state index in [1.165, 1.54) is 17.0 Å². The Balaban J connectivity index is 1.28. The first-order valence-electron chi connectivity index (χ1n) is 11.4. The Labute approximate surface area is 200 Å². The van der Waals surface area contributed by atoms with Gasteiger partial charge in [-0.3, -0.25) is 34.2 Å². The third kappa shape index (κ3) is 3.56. The Morgan fingerprint density at radius 2 is 1.77 bits per heavy atom. The van der Waals surface area contributed by atoms with Gasteiger partial charge in [0.25, 0.3) is 17.5 Å². The van der Waals surface area contributed by atoms with Crippen molar-refractivity contribution < 1.29 is 28.8 Å². The maximum absolute atomic E-state index is 13.0. The Morgan fingerprint density at radius 1 is 1.06 bits per heavy atom. The molecule has 3 aliphatic rings. The fourth-order valence-corrected chi connectivity index (χ4v) is 5.07. The van der Waals surface area contributed by atoms with Crippen molar-refractivity contribution in [3.8, 4) is 5.75 Å². The lowest BCUT2D eigenvalue weighted by Crippen LogP contribution is -2.54. The first-order valence-corrected chi connectivity index (χ1v) is 11.4. The van der Waals surface area contributed by atoms with E-state index in [-0.39, 0.29) is 23.3 Å².